The van der Waals surface area contributed by atoms with Crippen LogP contribution in [0.1, 0.15) is 32.1 Å². The molecule has 0 saturated carbocycles. The molecule has 2 aliphatic rings. The zero-order valence-corrected chi connectivity index (χ0v) is 10.7. The number of nitrogens with one attached hydrogen (secondary N) is 1. The van der Waals surface area contributed by atoms with Crippen LogP contribution in [0.5, 0.6) is 0 Å². The maximum absolute atomic E-state index is 11.9. The minimum Gasteiger partial charge on any atom is -0.481 e. The number of carbonyl (C=O) groups excluding carboxylic acids is 1. The Morgan fingerprint density at radius 1 is 1.17 bits per heavy atom. The minimum atomic E-state index is -0.762. The quantitative estimate of drug-likeness (QED) is 0.757. The van der Waals surface area contributed by atoms with E-state index >= 15 is 0 Å². The standard InChI is InChI=1S/C13H22N2O3/c16-12(2-1-10-3-5-14-6-4-10)15-8-11(9-15)7-13(17)18/h10-11,14H,1-9H2,(H,17,18). The second-order valence-electron chi connectivity index (χ2n) is 5.49. The lowest BCUT2D eigenvalue weighted by Crippen LogP contribution is -2.50. The van der Waals surface area contributed by atoms with Gasteiger partial charge in [0, 0.05) is 25.4 Å². The molecule has 0 aliphatic carbocycles. The molecule has 0 spiro atoms. The van der Waals surface area contributed by atoms with Crippen LogP contribution in [0.25, 0.3) is 0 Å². The van der Waals surface area contributed by atoms with Crippen LogP contribution in [0.15, 0.2) is 0 Å². The first-order valence-corrected chi connectivity index (χ1v) is 6.85. The number of nitrogens with zero attached hydrogens (tertiary/aromatic N) is 1. The average molecular weight is 254 g/mol. The second kappa shape index (κ2) is 6.18. The molecule has 0 aromatic heterocycles. The van der Waals surface area contributed by atoms with E-state index in [0.717, 1.165) is 19.5 Å². The molecule has 2 saturated heterocycles. The van der Waals surface area contributed by atoms with E-state index in [9.17, 15) is 9.59 Å². The van der Waals surface area contributed by atoms with E-state index in [0.29, 0.717) is 25.4 Å². The largest absolute Gasteiger partial charge is 0.481 e. The first kappa shape index (κ1) is 13.3. The molecule has 0 aromatic rings. The molecule has 0 radical (unpaired) electrons. The van der Waals surface area contributed by atoms with Crippen molar-refractivity contribution in [2.45, 2.75) is 32.1 Å². The van der Waals surface area contributed by atoms with Crippen LogP contribution in [0, 0.1) is 11.8 Å². The predicted molar refractivity (Wildman–Crippen MR) is 67.2 cm³/mol. The SMILES string of the molecule is O=C(O)CC1CN(C(=O)CCC2CCNCC2)C1. The van der Waals surface area contributed by atoms with Gasteiger partial charge in [0.15, 0.2) is 0 Å². The van der Waals surface area contributed by atoms with Gasteiger partial charge < -0.3 is 15.3 Å². The van der Waals surface area contributed by atoms with Crippen molar-refractivity contribution in [3.8, 4) is 0 Å². The number of carboxylic acid groups (broad SMARTS) is 1. The Morgan fingerprint density at radius 2 is 1.83 bits per heavy atom. The van der Waals surface area contributed by atoms with Gasteiger partial charge in [-0.1, -0.05) is 0 Å². The van der Waals surface area contributed by atoms with Crippen molar-refractivity contribution in [1.29, 1.82) is 0 Å². The number of amides is 1. The predicted octanol–water partition coefficient (Wildman–Crippen LogP) is 0.699. The molecule has 2 heterocycles. The third-order valence-electron chi connectivity index (χ3n) is 4.00. The molecular formula is C13H22N2O3. The van der Waals surface area contributed by atoms with Crippen molar-refractivity contribution >= 4 is 11.9 Å². The van der Waals surface area contributed by atoms with E-state index in [2.05, 4.69) is 5.32 Å². The van der Waals surface area contributed by atoms with Crippen LogP contribution < -0.4 is 5.32 Å². The highest BCUT2D eigenvalue weighted by atomic mass is 16.4. The summed E-state index contributed by atoms with van der Waals surface area (Å²) < 4.78 is 0. The third kappa shape index (κ3) is 3.70. The van der Waals surface area contributed by atoms with Crippen molar-refractivity contribution in [3.63, 3.8) is 0 Å². The van der Waals surface area contributed by atoms with E-state index in [1.165, 1.54) is 12.8 Å². The van der Waals surface area contributed by atoms with Gasteiger partial charge >= 0.3 is 5.97 Å². The Bertz CT molecular complexity index is 307. The molecule has 2 fully saturated rings. The summed E-state index contributed by atoms with van der Waals surface area (Å²) >= 11 is 0. The summed E-state index contributed by atoms with van der Waals surface area (Å²) in [7, 11) is 0. The maximum atomic E-state index is 11.9. The van der Waals surface area contributed by atoms with E-state index in [4.69, 9.17) is 5.11 Å². The van der Waals surface area contributed by atoms with Crippen LogP contribution in [0.4, 0.5) is 0 Å². The Hall–Kier alpha value is -1.10. The van der Waals surface area contributed by atoms with Gasteiger partial charge in [-0.2, -0.15) is 0 Å². The van der Waals surface area contributed by atoms with Gasteiger partial charge in [0.25, 0.3) is 0 Å². The molecule has 102 valence electrons. The summed E-state index contributed by atoms with van der Waals surface area (Å²) in [6.45, 7) is 3.42. The van der Waals surface area contributed by atoms with Crippen LogP contribution in [0.2, 0.25) is 0 Å². The molecule has 0 aromatic carbocycles. The zero-order chi connectivity index (χ0) is 13.0. The molecule has 5 nitrogen and oxygen atoms in total. The number of carbonyl (C=O) groups is 2. The molecule has 0 bridgehead atoms. The Balaban J connectivity index is 1.60. The van der Waals surface area contributed by atoms with E-state index in [-0.39, 0.29) is 18.2 Å². The summed E-state index contributed by atoms with van der Waals surface area (Å²) in [5.41, 5.74) is 0. The maximum Gasteiger partial charge on any atom is 0.303 e. The minimum absolute atomic E-state index is 0.172. The molecule has 18 heavy (non-hydrogen) atoms. The van der Waals surface area contributed by atoms with E-state index < -0.39 is 5.97 Å². The fourth-order valence-electron chi connectivity index (χ4n) is 2.81. The van der Waals surface area contributed by atoms with Crippen LogP contribution in [0.3, 0.4) is 0 Å². The summed E-state index contributed by atoms with van der Waals surface area (Å²) in [6.07, 6.45) is 4.16. The van der Waals surface area contributed by atoms with E-state index in [1.807, 2.05) is 0 Å². The number of piperidine rings is 1. The molecule has 1 amide bonds. The van der Waals surface area contributed by atoms with Crippen molar-refractivity contribution < 1.29 is 14.7 Å². The van der Waals surface area contributed by atoms with Crippen LogP contribution >= 0.6 is 0 Å². The highest BCUT2D eigenvalue weighted by Crippen LogP contribution is 2.23. The fraction of sp³-hybridized carbons (Fsp3) is 0.846. The first-order valence-electron chi connectivity index (χ1n) is 6.85. The molecule has 0 atom stereocenters. The van der Waals surface area contributed by atoms with Gasteiger partial charge in [0.05, 0.1) is 6.42 Å². The third-order valence-corrected chi connectivity index (χ3v) is 4.00. The van der Waals surface area contributed by atoms with Crippen LogP contribution in [-0.2, 0) is 9.59 Å². The number of hydrogen-bond donors (Lipinski definition) is 2. The summed E-state index contributed by atoms with van der Waals surface area (Å²) in [5, 5.41) is 12.0. The highest BCUT2D eigenvalue weighted by molar-refractivity contribution is 5.77. The number of aliphatic carboxylic acids is 1. The van der Waals surface area contributed by atoms with Crippen molar-refractivity contribution in [2.75, 3.05) is 26.2 Å². The van der Waals surface area contributed by atoms with Crippen molar-refractivity contribution in [1.82, 2.24) is 10.2 Å². The molecule has 0 unspecified atom stereocenters. The smallest absolute Gasteiger partial charge is 0.303 e. The molecule has 5 heteroatoms. The fourth-order valence-corrected chi connectivity index (χ4v) is 2.81. The number of rotatable bonds is 5. The normalized spacial score (nSPS) is 21.7. The highest BCUT2D eigenvalue weighted by Gasteiger charge is 2.31. The van der Waals surface area contributed by atoms with E-state index in [1.54, 1.807) is 4.90 Å². The second-order valence-corrected chi connectivity index (χ2v) is 5.49. The van der Waals surface area contributed by atoms with Gasteiger partial charge in [-0.25, -0.2) is 0 Å². The Labute approximate surface area is 108 Å². The molecule has 2 aliphatic heterocycles. The van der Waals surface area contributed by atoms with Gasteiger partial charge in [-0.15, -0.1) is 0 Å². The first-order chi connectivity index (χ1) is 8.65. The summed E-state index contributed by atoms with van der Waals surface area (Å²) in [5.74, 6) is 0.300. The summed E-state index contributed by atoms with van der Waals surface area (Å²) in [4.78, 5) is 24.2. The molecular weight excluding hydrogens is 232 g/mol. The summed E-state index contributed by atoms with van der Waals surface area (Å²) in [6, 6.07) is 0. The van der Waals surface area contributed by atoms with Crippen molar-refractivity contribution in [2.24, 2.45) is 11.8 Å². The average Bonchev–Trinajstić information content (AvgIpc) is 2.31. The molecule has 2 rings (SSSR count). The van der Waals surface area contributed by atoms with Gasteiger partial charge in [-0.3, -0.25) is 9.59 Å². The topological polar surface area (TPSA) is 69.6 Å². The number of carboxylic acids is 1. The Morgan fingerprint density at radius 3 is 2.44 bits per heavy atom. The van der Waals surface area contributed by atoms with Crippen LogP contribution in [-0.4, -0.2) is 48.1 Å². The lowest BCUT2D eigenvalue weighted by Gasteiger charge is -2.39. The van der Waals surface area contributed by atoms with Gasteiger partial charge in [-0.05, 0) is 38.3 Å². The Kier molecular flexibility index (Phi) is 4.58. The molecule has 2 N–H and O–H groups in total. The number of likely N-dealkylation sites (tertiary alicyclic amines) is 1. The lowest BCUT2D eigenvalue weighted by molar-refractivity contribution is -0.145. The van der Waals surface area contributed by atoms with Crippen molar-refractivity contribution in [3.05, 3.63) is 0 Å². The zero-order valence-electron chi connectivity index (χ0n) is 10.7. The van der Waals surface area contributed by atoms with Gasteiger partial charge in [0.1, 0.15) is 0 Å². The number of hydrogen-bond acceptors (Lipinski definition) is 3. The van der Waals surface area contributed by atoms with Gasteiger partial charge in [0.2, 0.25) is 5.91 Å². The monoisotopic (exact) mass is 254 g/mol. The lowest BCUT2D eigenvalue weighted by atomic mass is 9.91.